The zero-order chi connectivity index (χ0) is 29.8. The van der Waals surface area contributed by atoms with Crippen LogP contribution in [-0.2, 0) is 24.2 Å². The van der Waals surface area contributed by atoms with E-state index in [-0.39, 0.29) is 35.6 Å². The highest BCUT2D eigenvalue weighted by molar-refractivity contribution is 5.92. The number of benzene rings is 1. The summed E-state index contributed by atoms with van der Waals surface area (Å²) in [5.41, 5.74) is 1.25. The number of unbranched alkanes of at least 4 members (excludes halogenated alkanes) is 1. The molecule has 3 aromatic rings. The van der Waals surface area contributed by atoms with Crippen molar-refractivity contribution in [3.63, 3.8) is 0 Å². The molecule has 0 unspecified atom stereocenters. The minimum atomic E-state index is -0.530. The fraction of sp³-hybridized carbons (Fsp3) is 0.516. The van der Waals surface area contributed by atoms with E-state index in [1.807, 2.05) is 19.9 Å². The second-order valence-corrected chi connectivity index (χ2v) is 12.3. The Balaban J connectivity index is 1.28. The third-order valence-electron chi connectivity index (χ3n) is 8.78. The lowest BCUT2D eigenvalue weighted by Crippen LogP contribution is -2.50. The van der Waals surface area contributed by atoms with Gasteiger partial charge in [-0.1, -0.05) is 13.3 Å². The molecule has 2 atom stereocenters. The topological polar surface area (TPSA) is 138 Å². The fourth-order valence-corrected chi connectivity index (χ4v) is 6.71. The Morgan fingerprint density at radius 3 is 2.79 bits per heavy atom. The summed E-state index contributed by atoms with van der Waals surface area (Å²) in [6.45, 7) is 7.14. The first-order chi connectivity index (χ1) is 20.0. The van der Waals surface area contributed by atoms with Gasteiger partial charge in [0.1, 0.15) is 28.4 Å². The molecule has 0 saturated carbocycles. The minimum Gasteiger partial charge on any atom is -0.733 e. The third-order valence-corrected chi connectivity index (χ3v) is 8.78. The van der Waals surface area contributed by atoms with Gasteiger partial charge in [-0.15, -0.1) is 0 Å². The maximum absolute atomic E-state index is 13.5. The van der Waals surface area contributed by atoms with Gasteiger partial charge in [0.25, 0.3) is 11.5 Å². The number of carbonyl (C=O) groups is 1. The molecule has 3 aliphatic heterocycles. The smallest absolute Gasteiger partial charge is 0.336 e. The molecule has 11 heteroatoms. The molecule has 1 fully saturated rings. The van der Waals surface area contributed by atoms with E-state index >= 15 is 0 Å². The van der Waals surface area contributed by atoms with Crippen molar-refractivity contribution in [3.05, 3.63) is 67.1 Å². The molecule has 1 saturated heterocycles. The maximum Gasteiger partial charge on any atom is 0.336 e. The number of aromatic nitrogens is 1. The number of carbonyl (C=O) groups excluding carboxylic acids is 1. The Kier molecular flexibility index (Phi) is 7.26. The average molecular weight is 579 g/mol. The minimum absolute atomic E-state index is 0.0297. The summed E-state index contributed by atoms with van der Waals surface area (Å²) in [6, 6.07) is 6.35. The average Bonchev–Trinajstić information content (AvgIpc) is 2.93. The molecule has 1 amide bonds. The molecule has 2 aromatic heterocycles. The van der Waals surface area contributed by atoms with Gasteiger partial charge in [-0.3, -0.25) is 14.8 Å². The van der Waals surface area contributed by atoms with Crippen molar-refractivity contribution in [2.75, 3.05) is 24.9 Å². The summed E-state index contributed by atoms with van der Waals surface area (Å²) >= 11 is 0. The number of aryl methyl sites for hydroxylation is 2. The predicted molar refractivity (Wildman–Crippen MR) is 155 cm³/mol. The number of fused-ring (bicyclic) bond motifs is 7. The molecular weight excluding hydrogens is 542 g/mol. The summed E-state index contributed by atoms with van der Waals surface area (Å²) in [5, 5.41) is 21.0. The first kappa shape index (κ1) is 28.3. The standard InChI is InChI=1S/C31H36N3O8/c1-4-5-6-19-12-27(36)41-29-21-9-10-31(2,3)42-24(21)13-25(28(19)29)40-17-26(35)32-14-18-11-20(16-32)22-7-8-23(34(38)39)30(37)33(22)15-18/h7-8,12-13,18,20,38H,4-6,9-11,14-17H2,1-3H3/q-1/t18-,20+/m1/s1. The highest BCUT2D eigenvalue weighted by atomic mass is 16.8. The summed E-state index contributed by atoms with van der Waals surface area (Å²) in [6.07, 6.45) is 4.84. The first-order valence-corrected chi connectivity index (χ1v) is 14.7. The lowest BCUT2D eigenvalue weighted by molar-refractivity contribution is -0.136. The SMILES string of the molecule is CCCCc1cc(=O)oc2c3c(cc(OCC(=O)N4C[C@H]5C[C@@H](C4)c4ccc(N([O-])O)c(=O)n4C5)c12)OC(C)(C)CC3. The van der Waals surface area contributed by atoms with Gasteiger partial charge in [-0.05, 0) is 69.6 Å². The largest absolute Gasteiger partial charge is 0.733 e. The Morgan fingerprint density at radius 1 is 1.21 bits per heavy atom. The van der Waals surface area contributed by atoms with Gasteiger partial charge >= 0.3 is 5.63 Å². The van der Waals surface area contributed by atoms with Crippen LogP contribution in [0.4, 0.5) is 5.69 Å². The summed E-state index contributed by atoms with van der Waals surface area (Å²) in [7, 11) is 0. The molecule has 2 bridgehead atoms. The van der Waals surface area contributed by atoms with Crippen molar-refractivity contribution in [3.8, 4) is 11.5 Å². The van der Waals surface area contributed by atoms with Gasteiger partial charge in [-0.25, -0.2) is 4.79 Å². The first-order valence-electron chi connectivity index (χ1n) is 14.7. The zero-order valence-electron chi connectivity index (χ0n) is 24.2. The van der Waals surface area contributed by atoms with Crippen LogP contribution in [0.5, 0.6) is 11.5 Å². The molecule has 6 rings (SSSR count). The summed E-state index contributed by atoms with van der Waals surface area (Å²) in [5.74, 6) is 0.833. The van der Waals surface area contributed by atoms with Crippen LogP contribution < -0.4 is 25.9 Å². The monoisotopic (exact) mass is 578 g/mol. The number of piperidine rings is 1. The van der Waals surface area contributed by atoms with Crippen LogP contribution in [-0.4, -0.2) is 45.9 Å². The molecule has 5 heterocycles. The normalized spacial score (nSPS) is 20.5. The molecule has 3 aliphatic rings. The van der Waals surface area contributed by atoms with Gasteiger partial charge < -0.3 is 33.8 Å². The quantitative estimate of drug-likeness (QED) is 0.324. The number of nitrogens with zero attached hydrogens (tertiary/aromatic N) is 3. The van der Waals surface area contributed by atoms with E-state index in [0.717, 1.165) is 42.5 Å². The second kappa shape index (κ2) is 10.8. The number of hydrogen-bond donors (Lipinski definition) is 1. The van der Waals surface area contributed by atoms with Gasteiger partial charge in [0.05, 0.1) is 5.39 Å². The van der Waals surface area contributed by atoms with E-state index in [2.05, 4.69) is 6.92 Å². The number of rotatable bonds is 7. The van der Waals surface area contributed by atoms with Crippen LogP contribution in [0.1, 0.15) is 69.2 Å². The van der Waals surface area contributed by atoms with Crippen LogP contribution >= 0.6 is 0 Å². The summed E-state index contributed by atoms with van der Waals surface area (Å²) < 4.78 is 19.8. The number of ether oxygens (including phenoxy) is 2. The van der Waals surface area contributed by atoms with Gasteiger partial charge in [0.2, 0.25) is 0 Å². The Bertz CT molecular complexity index is 1660. The molecular formula is C31H36N3O8-. The number of anilines is 1. The molecule has 224 valence electrons. The molecule has 0 aliphatic carbocycles. The van der Waals surface area contributed by atoms with Gasteiger partial charge in [0, 0.05) is 48.9 Å². The predicted octanol–water partition coefficient (Wildman–Crippen LogP) is 4.12. The van der Waals surface area contributed by atoms with E-state index in [1.165, 1.54) is 12.1 Å². The van der Waals surface area contributed by atoms with Crippen molar-refractivity contribution in [1.29, 1.82) is 0 Å². The van der Waals surface area contributed by atoms with Gasteiger partial charge in [0.15, 0.2) is 6.61 Å². The molecule has 0 spiro atoms. The van der Waals surface area contributed by atoms with E-state index in [1.54, 1.807) is 15.5 Å². The molecule has 42 heavy (non-hydrogen) atoms. The lowest BCUT2D eigenvalue weighted by atomic mass is 9.83. The van der Waals surface area contributed by atoms with Crippen molar-refractivity contribution in [1.82, 2.24) is 9.47 Å². The van der Waals surface area contributed by atoms with Crippen molar-refractivity contribution < 1.29 is 23.9 Å². The molecule has 1 aromatic carbocycles. The van der Waals surface area contributed by atoms with Crippen molar-refractivity contribution in [2.45, 2.75) is 77.4 Å². The van der Waals surface area contributed by atoms with E-state index in [4.69, 9.17) is 13.9 Å². The van der Waals surface area contributed by atoms with E-state index in [0.29, 0.717) is 54.9 Å². The summed E-state index contributed by atoms with van der Waals surface area (Å²) in [4.78, 5) is 40.6. The van der Waals surface area contributed by atoms with Crippen LogP contribution in [0.3, 0.4) is 0 Å². The Labute approximate surface area is 242 Å². The lowest BCUT2D eigenvalue weighted by Gasteiger charge is -2.43. The van der Waals surface area contributed by atoms with Crippen molar-refractivity contribution in [2.24, 2.45) is 5.92 Å². The molecule has 11 nitrogen and oxygen atoms in total. The fourth-order valence-electron chi connectivity index (χ4n) is 6.71. The number of pyridine rings is 1. The van der Waals surface area contributed by atoms with Crippen molar-refractivity contribution >= 4 is 22.6 Å². The van der Waals surface area contributed by atoms with Crippen LogP contribution in [0.15, 0.2) is 38.3 Å². The number of likely N-dealkylation sites (tertiary alicyclic amines) is 1. The van der Waals surface area contributed by atoms with E-state index in [9.17, 15) is 24.8 Å². The van der Waals surface area contributed by atoms with E-state index < -0.39 is 16.4 Å². The van der Waals surface area contributed by atoms with Crippen LogP contribution in [0, 0.1) is 11.1 Å². The molecule has 0 radical (unpaired) electrons. The Morgan fingerprint density at radius 2 is 2.02 bits per heavy atom. The Hall–Kier alpha value is -3.83. The van der Waals surface area contributed by atoms with Gasteiger partial charge in [-0.2, -0.15) is 0 Å². The second-order valence-electron chi connectivity index (χ2n) is 12.3. The van der Waals surface area contributed by atoms with Crippen LogP contribution in [0.2, 0.25) is 0 Å². The highest BCUT2D eigenvalue weighted by Crippen LogP contribution is 2.43. The number of hydrogen-bond acceptors (Lipinski definition) is 9. The molecule has 1 N–H and O–H groups in total. The zero-order valence-corrected chi connectivity index (χ0v) is 24.2. The number of amides is 1. The third kappa shape index (κ3) is 5.15. The maximum atomic E-state index is 13.5. The highest BCUT2D eigenvalue weighted by Gasteiger charge is 2.37. The van der Waals surface area contributed by atoms with Crippen LogP contribution in [0.25, 0.3) is 11.0 Å².